The van der Waals surface area contributed by atoms with Gasteiger partial charge in [0.05, 0.1) is 20.8 Å². The highest BCUT2D eigenvalue weighted by atomic mass is 16.6. The van der Waals surface area contributed by atoms with Crippen LogP contribution in [0.25, 0.3) is 0 Å². The van der Waals surface area contributed by atoms with E-state index >= 15 is 0 Å². The number of cyclic esters (lactones) is 1. The van der Waals surface area contributed by atoms with Gasteiger partial charge in [-0.3, -0.25) is 0 Å². The molecule has 14 heavy (non-hydrogen) atoms. The fourth-order valence-corrected chi connectivity index (χ4v) is 1.19. The summed E-state index contributed by atoms with van der Waals surface area (Å²) in [6.07, 6.45) is -2.20. The van der Waals surface area contributed by atoms with Gasteiger partial charge in [-0.15, -0.1) is 0 Å². The molecule has 1 aliphatic rings. The second kappa shape index (κ2) is 4.30. The zero-order chi connectivity index (χ0) is 10.7. The van der Waals surface area contributed by atoms with Crippen LogP contribution in [0, 0.1) is 0 Å². The third-order valence-corrected chi connectivity index (χ3v) is 1.86. The van der Waals surface area contributed by atoms with Crippen molar-refractivity contribution in [3.05, 3.63) is 11.5 Å². The van der Waals surface area contributed by atoms with Crippen LogP contribution >= 0.6 is 0 Å². The highest BCUT2D eigenvalue weighted by Gasteiger charge is 2.40. The van der Waals surface area contributed by atoms with Crippen molar-refractivity contribution in [2.24, 2.45) is 0 Å². The number of hydrogen-bond donors (Lipinski definition) is 2. The number of aliphatic hydroxyl groups is 2. The van der Waals surface area contributed by atoms with E-state index in [1.807, 2.05) is 0 Å². The van der Waals surface area contributed by atoms with Gasteiger partial charge in [-0.05, 0) is 0 Å². The molecule has 1 aliphatic heterocycles. The van der Waals surface area contributed by atoms with E-state index in [0.29, 0.717) is 0 Å². The first-order chi connectivity index (χ1) is 6.65. The number of ether oxygens (including phenoxy) is 3. The Bertz CT molecular complexity index is 259. The molecule has 6 nitrogen and oxygen atoms in total. The average molecular weight is 204 g/mol. The van der Waals surface area contributed by atoms with E-state index in [4.69, 9.17) is 19.3 Å². The zero-order valence-electron chi connectivity index (χ0n) is 7.89. The van der Waals surface area contributed by atoms with Crippen molar-refractivity contribution >= 4 is 5.97 Å². The molecule has 2 N–H and O–H groups in total. The summed E-state index contributed by atoms with van der Waals surface area (Å²) in [5.41, 5.74) is 0. The summed E-state index contributed by atoms with van der Waals surface area (Å²) in [6, 6.07) is 0. The molecule has 1 heterocycles. The summed E-state index contributed by atoms with van der Waals surface area (Å²) in [5, 5.41) is 18.0. The smallest absolute Gasteiger partial charge is 0.378 e. The van der Waals surface area contributed by atoms with Gasteiger partial charge < -0.3 is 24.4 Å². The van der Waals surface area contributed by atoms with E-state index in [2.05, 4.69) is 0 Å². The Kier molecular flexibility index (Phi) is 3.32. The lowest BCUT2D eigenvalue weighted by Gasteiger charge is -2.16. The van der Waals surface area contributed by atoms with Crippen LogP contribution in [-0.4, -0.2) is 49.2 Å². The standard InChI is InChI=1S/C8H12O6/c1-12-6-5(4(10)3-9)14-8(11)7(6)13-2/h4-5,9-10H,3H2,1-2H3/t4-,5+/m1/s1. The van der Waals surface area contributed by atoms with E-state index in [9.17, 15) is 9.90 Å². The van der Waals surface area contributed by atoms with Crippen LogP contribution < -0.4 is 0 Å². The molecule has 0 radical (unpaired) electrons. The highest BCUT2D eigenvalue weighted by molar-refractivity contribution is 5.89. The predicted molar refractivity (Wildman–Crippen MR) is 44.0 cm³/mol. The van der Waals surface area contributed by atoms with Crippen molar-refractivity contribution in [2.75, 3.05) is 20.8 Å². The monoisotopic (exact) mass is 204 g/mol. The van der Waals surface area contributed by atoms with Gasteiger partial charge in [0.2, 0.25) is 5.76 Å². The topological polar surface area (TPSA) is 85.2 Å². The Morgan fingerprint density at radius 2 is 2.14 bits per heavy atom. The van der Waals surface area contributed by atoms with Crippen molar-refractivity contribution in [1.82, 2.24) is 0 Å². The molecular weight excluding hydrogens is 192 g/mol. The van der Waals surface area contributed by atoms with Crippen LogP contribution in [0.2, 0.25) is 0 Å². The Morgan fingerprint density at radius 1 is 1.50 bits per heavy atom. The van der Waals surface area contributed by atoms with E-state index in [1.54, 1.807) is 0 Å². The van der Waals surface area contributed by atoms with Crippen molar-refractivity contribution in [3.63, 3.8) is 0 Å². The number of carbonyl (C=O) groups excluding carboxylic acids is 1. The zero-order valence-corrected chi connectivity index (χ0v) is 7.89. The lowest BCUT2D eigenvalue weighted by atomic mass is 10.2. The number of hydrogen-bond acceptors (Lipinski definition) is 6. The number of aliphatic hydroxyl groups excluding tert-OH is 2. The molecule has 6 heteroatoms. The summed E-state index contributed by atoms with van der Waals surface area (Å²) < 4.78 is 14.3. The summed E-state index contributed by atoms with van der Waals surface area (Å²) in [5.74, 6) is -0.689. The summed E-state index contributed by atoms with van der Waals surface area (Å²) in [7, 11) is 2.62. The molecule has 1 rings (SSSR count). The fourth-order valence-electron chi connectivity index (χ4n) is 1.19. The number of methoxy groups -OCH3 is 2. The second-order valence-corrected chi connectivity index (χ2v) is 2.68. The molecule has 0 aromatic heterocycles. The molecule has 0 aromatic carbocycles. The molecule has 0 amide bonds. The minimum Gasteiger partial charge on any atom is -0.493 e. The largest absolute Gasteiger partial charge is 0.493 e. The Balaban J connectivity index is 2.92. The van der Waals surface area contributed by atoms with E-state index < -0.39 is 24.8 Å². The molecule has 0 saturated carbocycles. The van der Waals surface area contributed by atoms with Crippen molar-refractivity contribution in [2.45, 2.75) is 12.2 Å². The molecule has 0 spiro atoms. The quantitative estimate of drug-likeness (QED) is 0.558. The first kappa shape index (κ1) is 10.8. The van der Waals surface area contributed by atoms with E-state index in [0.717, 1.165) is 0 Å². The third kappa shape index (κ3) is 1.66. The lowest BCUT2D eigenvalue weighted by molar-refractivity contribution is -0.148. The van der Waals surface area contributed by atoms with Gasteiger partial charge in [-0.2, -0.15) is 0 Å². The maximum Gasteiger partial charge on any atom is 0.378 e. The maximum atomic E-state index is 11.1. The number of esters is 1. The van der Waals surface area contributed by atoms with Crippen molar-refractivity contribution in [1.29, 1.82) is 0 Å². The van der Waals surface area contributed by atoms with Crippen LogP contribution in [0.3, 0.4) is 0 Å². The lowest BCUT2D eigenvalue weighted by Crippen LogP contribution is -2.32. The molecule has 0 fully saturated rings. The summed E-state index contributed by atoms with van der Waals surface area (Å²) in [6.45, 7) is -0.526. The summed E-state index contributed by atoms with van der Waals surface area (Å²) in [4.78, 5) is 11.1. The molecule has 0 unspecified atom stereocenters. The molecule has 80 valence electrons. The first-order valence-corrected chi connectivity index (χ1v) is 3.97. The SMILES string of the molecule is COC1=C(OC)[C@H]([C@H](O)CO)OC1=O. The van der Waals surface area contributed by atoms with Crippen LogP contribution in [0.15, 0.2) is 11.5 Å². The first-order valence-electron chi connectivity index (χ1n) is 3.97. The highest BCUT2D eigenvalue weighted by Crippen LogP contribution is 2.25. The van der Waals surface area contributed by atoms with Gasteiger partial charge >= 0.3 is 5.97 Å². The Labute approximate surface area is 80.7 Å². The van der Waals surface area contributed by atoms with Crippen molar-refractivity contribution < 1.29 is 29.2 Å². The summed E-state index contributed by atoms with van der Waals surface area (Å²) >= 11 is 0. The van der Waals surface area contributed by atoms with Crippen LogP contribution in [-0.2, 0) is 19.0 Å². The third-order valence-electron chi connectivity index (χ3n) is 1.86. The molecule has 2 atom stereocenters. The van der Waals surface area contributed by atoms with Crippen LogP contribution in [0.5, 0.6) is 0 Å². The Morgan fingerprint density at radius 3 is 2.57 bits per heavy atom. The van der Waals surface area contributed by atoms with Gasteiger partial charge in [0.1, 0.15) is 6.10 Å². The number of carbonyl (C=O) groups is 1. The van der Waals surface area contributed by atoms with E-state index in [1.165, 1.54) is 14.2 Å². The number of rotatable bonds is 4. The van der Waals surface area contributed by atoms with Crippen LogP contribution in [0.1, 0.15) is 0 Å². The van der Waals surface area contributed by atoms with Crippen molar-refractivity contribution in [3.8, 4) is 0 Å². The van der Waals surface area contributed by atoms with Gasteiger partial charge in [0, 0.05) is 0 Å². The minimum absolute atomic E-state index is 0.0787. The normalized spacial score (nSPS) is 23.4. The van der Waals surface area contributed by atoms with Gasteiger partial charge in [-0.25, -0.2) is 4.79 Å². The maximum absolute atomic E-state index is 11.1. The van der Waals surface area contributed by atoms with Crippen LogP contribution in [0.4, 0.5) is 0 Å². The second-order valence-electron chi connectivity index (χ2n) is 2.68. The average Bonchev–Trinajstić information content (AvgIpc) is 2.53. The molecule has 0 aromatic rings. The Hall–Kier alpha value is -1.27. The fraction of sp³-hybridized carbons (Fsp3) is 0.625. The van der Waals surface area contributed by atoms with Gasteiger partial charge in [0.25, 0.3) is 0 Å². The predicted octanol–water partition coefficient (Wildman–Crippen LogP) is -1.23. The molecule has 0 bridgehead atoms. The minimum atomic E-state index is -1.21. The molecule has 0 aliphatic carbocycles. The van der Waals surface area contributed by atoms with E-state index in [-0.39, 0.29) is 11.5 Å². The molecule has 0 saturated heterocycles. The van der Waals surface area contributed by atoms with Gasteiger partial charge in [0.15, 0.2) is 11.9 Å². The van der Waals surface area contributed by atoms with Gasteiger partial charge in [-0.1, -0.05) is 0 Å². The molecular formula is C8H12O6.